The number of anilines is 2. The van der Waals surface area contributed by atoms with E-state index in [0.29, 0.717) is 10.3 Å². The Morgan fingerprint density at radius 1 is 1.23 bits per heavy atom. The first-order valence-corrected chi connectivity index (χ1v) is 10.8. The van der Waals surface area contributed by atoms with E-state index < -0.39 is 0 Å². The van der Waals surface area contributed by atoms with Crippen LogP contribution in [0.1, 0.15) is 12.5 Å². The van der Waals surface area contributed by atoms with Crippen molar-refractivity contribution in [2.75, 3.05) is 22.3 Å². The van der Waals surface area contributed by atoms with E-state index in [9.17, 15) is 4.79 Å². The van der Waals surface area contributed by atoms with Gasteiger partial charge in [0, 0.05) is 11.6 Å². The maximum atomic E-state index is 12.0. The van der Waals surface area contributed by atoms with Crippen LogP contribution in [0.15, 0.2) is 64.3 Å². The average Bonchev–Trinajstić information content (AvgIpc) is 3.40. The summed E-state index contributed by atoms with van der Waals surface area (Å²) in [7, 11) is 0. The number of nitrogens with one attached hydrogen (secondary N) is 2. The van der Waals surface area contributed by atoms with Gasteiger partial charge in [-0.15, -0.1) is 21.5 Å². The zero-order valence-electron chi connectivity index (χ0n) is 15.9. The van der Waals surface area contributed by atoms with Crippen LogP contribution in [0.5, 0.6) is 0 Å². The predicted octanol–water partition coefficient (Wildman–Crippen LogP) is 3.17. The minimum Gasteiger partial charge on any atom is -0.334 e. The molecule has 0 radical (unpaired) electrons. The number of hydrazone groups is 1. The van der Waals surface area contributed by atoms with E-state index >= 15 is 0 Å². The molecule has 9 nitrogen and oxygen atoms in total. The molecule has 0 aliphatic rings. The van der Waals surface area contributed by atoms with E-state index in [1.165, 1.54) is 33.2 Å². The molecule has 4 N–H and O–H groups in total. The molecule has 2 heterocycles. The van der Waals surface area contributed by atoms with E-state index in [2.05, 4.69) is 55.3 Å². The van der Waals surface area contributed by atoms with Crippen LogP contribution in [0.2, 0.25) is 0 Å². The normalized spacial score (nSPS) is 11.6. The maximum absolute atomic E-state index is 12.0. The molecule has 1 amide bonds. The topological polar surface area (TPSA) is 123 Å². The van der Waals surface area contributed by atoms with Gasteiger partial charge in [-0.2, -0.15) is 5.10 Å². The van der Waals surface area contributed by atoms with E-state index in [0.717, 1.165) is 16.7 Å². The number of amides is 1. The van der Waals surface area contributed by atoms with Gasteiger partial charge in [0.05, 0.1) is 11.5 Å². The molecule has 11 heteroatoms. The highest BCUT2D eigenvalue weighted by molar-refractivity contribution is 7.99. The van der Waals surface area contributed by atoms with Crippen LogP contribution in [0, 0.1) is 0 Å². The number of nitrogen functional groups attached to an aromatic ring is 1. The molecule has 0 atom stereocenters. The highest BCUT2D eigenvalue weighted by Crippen LogP contribution is 2.19. The summed E-state index contributed by atoms with van der Waals surface area (Å²) < 4.78 is 1.26. The molecule has 2 aromatic heterocycles. The van der Waals surface area contributed by atoms with Crippen molar-refractivity contribution in [3.05, 3.63) is 59.6 Å². The second-order valence-electron chi connectivity index (χ2n) is 6.22. The van der Waals surface area contributed by atoms with Crippen LogP contribution >= 0.6 is 23.1 Å². The Bertz CT molecular complexity index is 1200. The monoisotopic (exact) mass is 438 g/mol. The van der Waals surface area contributed by atoms with Crippen LogP contribution in [0.3, 0.4) is 0 Å². The van der Waals surface area contributed by atoms with Crippen molar-refractivity contribution < 1.29 is 4.79 Å². The summed E-state index contributed by atoms with van der Waals surface area (Å²) in [5.41, 5.74) is 4.60. The molecule has 0 saturated heterocycles. The first-order valence-electron chi connectivity index (χ1n) is 8.92. The zero-order valence-corrected chi connectivity index (χ0v) is 17.6. The third kappa shape index (κ3) is 4.58. The SMILES string of the molecule is C/C(=N\Nc1nnc(SCC(=O)Nc2nccs2)n1N)c1ccc2ccccc2c1. The molecule has 0 unspecified atom stereocenters. The van der Waals surface area contributed by atoms with Crippen molar-refractivity contribution in [2.45, 2.75) is 12.1 Å². The number of nitrogens with zero attached hydrogens (tertiary/aromatic N) is 5. The van der Waals surface area contributed by atoms with Crippen molar-refractivity contribution >= 4 is 56.6 Å². The van der Waals surface area contributed by atoms with Gasteiger partial charge in [0.2, 0.25) is 11.1 Å². The lowest BCUT2D eigenvalue weighted by atomic mass is 10.0. The number of nitrogens with two attached hydrogens (primary N) is 1. The van der Waals surface area contributed by atoms with E-state index in [-0.39, 0.29) is 17.6 Å². The lowest BCUT2D eigenvalue weighted by Crippen LogP contribution is -2.17. The molecule has 2 aromatic carbocycles. The van der Waals surface area contributed by atoms with Gasteiger partial charge in [-0.25, -0.2) is 15.1 Å². The van der Waals surface area contributed by atoms with Gasteiger partial charge in [-0.05, 0) is 29.3 Å². The Morgan fingerprint density at radius 2 is 2.07 bits per heavy atom. The molecule has 0 saturated carbocycles. The van der Waals surface area contributed by atoms with Crippen molar-refractivity contribution in [3.8, 4) is 0 Å². The van der Waals surface area contributed by atoms with Crippen molar-refractivity contribution in [1.82, 2.24) is 19.9 Å². The zero-order chi connectivity index (χ0) is 20.9. The number of fused-ring (bicyclic) bond motifs is 1. The van der Waals surface area contributed by atoms with Crippen molar-refractivity contribution in [2.24, 2.45) is 5.10 Å². The summed E-state index contributed by atoms with van der Waals surface area (Å²) >= 11 is 2.52. The minimum absolute atomic E-state index is 0.133. The summed E-state index contributed by atoms with van der Waals surface area (Å²) in [6.45, 7) is 1.90. The second-order valence-corrected chi connectivity index (χ2v) is 8.06. The van der Waals surface area contributed by atoms with Crippen LogP contribution in [0.25, 0.3) is 10.8 Å². The second kappa shape index (κ2) is 8.93. The molecule has 0 aliphatic heterocycles. The molecular formula is C19H18N8OS2. The summed E-state index contributed by atoms with van der Waals surface area (Å²) in [6, 6.07) is 14.3. The molecule has 0 aliphatic carbocycles. The predicted molar refractivity (Wildman–Crippen MR) is 121 cm³/mol. The van der Waals surface area contributed by atoms with Gasteiger partial charge >= 0.3 is 0 Å². The lowest BCUT2D eigenvalue weighted by molar-refractivity contribution is -0.113. The molecule has 4 rings (SSSR count). The van der Waals surface area contributed by atoms with E-state index in [4.69, 9.17) is 5.84 Å². The van der Waals surface area contributed by atoms with Gasteiger partial charge < -0.3 is 11.2 Å². The van der Waals surface area contributed by atoms with Gasteiger partial charge in [0.1, 0.15) is 0 Å². The summed E-state index contributed by atoms with van der Waals surface area (Å²) in [6.07, 6.45) is 1.63. The van der Waals surface area contributed by atoms with Crippen LogP contribution in [0.4, 0.5) is 11.1 Å². The average molecular weight is 439 g/mol. The fraction of sp³-hybridized carbons (Fsp3) is 0.105. The fourth-order valence-electron chi connectivity index (χ4n) is 2.64. The van der Waals surface area contributed by atoms with E-state index in [1.54, 1.807) is 11.6 Å². The Labute approximate surface area is 180 Å². The number of hydrogen-bond acceptors (Lipinski definition) is 9. The van der Waals surface area contributed by atoms with Gasteiger partial charge in [-0.3, -0.25) is 4.79 Å². The number of carbonyl (C=O) groups excluding carboxylic acids is 1. The number of thioether (sulfide) groups is 1. The lowest BCUT2D eigenvalue weighted by Gasteiger charge is -2.05. The summed E-state index contributed by atoms with van der Waals surface area (Å²) in [4.78, 5) is 16.0. The number of benzene rings is 2. The van der Waals surface area contributed by atoms with Crippen molar-refractivity contribution in [3.63, 3.8) is 0 Å². The third-order valence-corrected chi connectivity index (χ3v) is 5.80. The Hall–Kier alpha value is -3.44. The smallest absolute Gasteiger partial charge is 0.264 e. The molecule has 0 bridgehead atoms. The number of aromatic nitrogens is 4. The molecule has 4 aromatic rings. The third-order valence-electron chi connectivity index (χ3n) is 4.17. The first-order chi connectivity index (χ1) is 14.6. The highest BCUT2D eigenvalue weighted by Gasteiger charge is 2.13. The van der Waals surface area contributed by atoms with E-state index in [1.807, 2.05) is 25.1 Å². The number of carbonyl (C=O) groups is 1. The van der Waals surface area contributed by atoms with Crippen molar-refractivity contribution in [1.29, 1.82) is 0 Å². The highest BCUT2D eigenvalue weighted by atomic mass is 32.2. The Balaban J connectivity index is 1.38. The molecule has 0 fully saturated rings. The van der Waals surface area contributed by atoms with Gasteiger partial charge in [0.25, 0.3) is 5.95 Å². The van der Waals surface area contributed by atoms with Crippen LogP contribution in [-0.4, -0.2) is 37.2 Å². The molecule has 0 spiro atoms. The molecular weight excluding hydrogens is 420 g/mol. The largest absolute Gasteiger partial charge is 0.334 e. The van der Waals surface area contributed by atoms with Crippen LogP contribution < -0.4 is 16.6 Å². The van der Waals surface area contributed by atoms with Crippen LogP contribution in [-0.2, 0) is 4.79 Å². The Kier molecular flexibility index (Phi) is 5.91. The molecule has 152 valence electrons. The first kappa shape index (κ1) is 19.9. The van der Waals surface area contributed by atoms with Gasteiger partial charge in [-0.1, -0.05) is 48.2 Å². The number of hydrogen-bond donors (Lipinski definition) is 3. The standard InChI is InChI=1S/C19H18N8OS2/c1-12(14-7-6-13-4-2-3-5-15(13)10-14)23-24-17-25-26-19(27(17)20)30-11-16(28)22-18-21-8-9-29-18/h2-10H,11,20H2,1H3,(H,24,25)(H,21,22,28)/b23-12+. The maximum Gasteiger partial charge on any atom is 0.264 e. The number of thiazole rings is 1. The summed E-state index contributed by atoms with van der Waals surface area (Å²) in [5, 5.41) is 20.1. The molecule has 30 heavy (non-hydrogen) atoms. The fourth-order valence-corrected chi connectivity index (χ4v) is 3.84. The minimum atomic E-state index is -0.197. The quantitative estimate of drug-likeness (QED) is 0.175. The van der Waals surface area contributed by atoms with Gasteiger partial charge in [0.15, 0.2) is 5.13 Å². The number of rotatable bonds is 7. The Morgan fingerprint density at radius 3 is 2.87 bits per heavy atom. The summed E-state index contributed by atoms with van der Waals surface area (Å²) in [5.74, 6) is 6.23.